The Morgan fingerprint density at radius 1 is 1.50 bits per heavy atom. The molecule has 0 aliphatic carbocycles. The summed E-state index contributed by atoms with van der Waals surface area (Å²) in [5, 5.41) is 0.107. The normalized spacial score (nSPS) is 10.1. The van der Waals surface area contributed by atoms with Gasteiger partial charge in [0, 0.05) is 18.6 Å². The summed E-state index contributed by atoms with van der Waals surface area (Å²) in [5.74, 6) is -1.07. The van der Waals surface area contributed by atoms with Crippen LogP contribution in [0.5, 0.6) is 0 Å². The van der Waals surface area contributed by atoms with Crippen LogP contribution < -0.4 is 0 Å². The van der Waals surface area contributed by atoms with Crippen LogP contribution in [0.2, 0.25) is 5.02 Å². The first-order valence-corrected chi connectivity index (χ1v) is 4.96. The van der Waals surface area contributed by atoms with E-state index in [0.29, 0.717) is 4.47 Å². The molecule has 76 valence electrons. The summed E-state index contributed by atoms with van der Waals surface area (Å²) in [4.78, 5) is 12.8. The van der Waals surface area contributed by atoms with Gasteiger partial charge in [-0.3, -0.25) is 4.79 Å². The van der Waals surface area contributed by atoms with Crippen molar-refractivity contribution < 1.29 is 9.18 Å². The highest BCUT2D eigenvalue weighted by Crippen LogP contribution is 2.25. The number of amides is 1. The Hall–Kier alpha value is -0.610. The Morgan fingerprint density at radius 3 is 2.50 bits per heavy atom. The van der Waals surface area contributed by atoms with E-state index in [1.165, 1.54) is 17.0 Å². The average molecular weight is 281 g/mol. The van der Waals surface area contributed by atoms with Gasteiger partial charge in [-0.1, -0.05) is 27.5 Å². The SMILES string of the molecule is CN(C)C(=O)c1c(F)cc(Br)cc1Cl. The van der Waals surface area contributed by atoms with E-state index in [-0.39, 0.29) is 10.6 Å². The van der Waals surface area contributed by atoms with Gasteiger partial charge < -0.3 is 4.90 Å². The molecule has 0 atom stereocenters. The molecule has 0 aromatic heterocycles. The monoisotopic (exact) mass is 279 g/mol. The van der Waals surface area contributed by atoms with E-state index < -0.39 is 11.7 Å². The lowest BCUT2D eigenvalue weighted by atomic mass is 10.2. The van der Waals surface area contributed by atoms with Gasteiger partial charge in [-0.15, -0.1) is 0 Å². The van der Waals surface area contributed by atoms with Gasteiger partial charge in [-0.05, 0) is 12.1 Å². The first kappa shape index (κ1) is 11.5. The molecule has 5 heteroatoms. The molecule has 1 aromatic rings. The molecule has 0 N–H and O–H groups in total. The molecule has 0 saturated carbocycles. The van der Waals surface area contributed by atoms with Crippen molar-refractivity contribution in [3.05, 3.63) is 33.0 Å². The van der Waals surface area contributed by atoms with Gasteiger partial charge in [0.25, 0.3) is 5.91 Å². The van der Waals surface area contributed by atoms with Crippen LogP contribution in [-0.4, -0.2) is 24.9 Å². The maximum atomic E-state index is 13.4. The average Bonchev–Trinajstić information content (AvgIpc) is 2.01. The molecule has 0 aliphatic rings. The van der Waals surface area contributed by atoms with Crippen LogP contribution in [-0.2, 0) is 0 Å². The van der Waals surface area contributed by atoms with Crippen LogP contribution in [0.25, 0.3) is 0 Å². The van der Waals surface area contributed by atoms with E-state index in [2.05, 4.69) is 15.9 Å². The number of benzene rings is 1. The number of carbonyl (C=O) groups is 1. The fraction of sp³-hybridized carbons (Fsp3) is 0.222. The molecule has 0 saturated heterocycles. The first-order valence-electron chi connectivity index (χ1n) is 3.79. The minimum atomic E-state index is -0.622. The molecule has 0 aliphatic heterocycles. The smallest absolute Gasteiger partial charge is 0.257 e. The molecule has 1 amide bonds. The molecule has 0 spiro atoms. The minimum absolute atomic E-state index is 0.0973. The Balaban J connectivity index is 3.28. The number of halogens is 3. The second-order valence-electron chi connectivity index (χ2n) is 2.94. The first-order chi connectivity index (χ1) is 6.43. The highest BCUT2D eigenvalue weighted by molar-refractivity contribution is 9.10. The Kier molecular flexibility index (Phi) is 3.50. The van der Waals surface area contributed by atoms with Gasteiger partial charge in [-0.25, -0.2) is 4.39 Å². The zero-order chi connectivity index (χ0) is 10.9. The van der Waals surface area contributed by atoms with E-state index in [0.717, 1.165) is 0 Å². The summed E-state index contributed by atoms with van der Waals surface area (Å²) in [7, 11) is 3.08. The third kappa shape index (κ3) is 2.25. The third-order valence-electron chi connectivity index (χ3n) is 1.63. The maximum absolute atomic E-state index is 13.4. The van der Waals surface area contributed by atoms with Gasteiger partial charge in [0.05, 0.1) is 10.6 Å². The second kappa shape index (κ2) is 4.28. The lowest BCUT2D eigenvalue weighted by molar-refractivity contribution is 0.0823. The highest BCUT2D eigenvalue weighted by Gasteiger charge is 2.18. The lowest BCUT2D eigenvalue weighted by Crippen LogP contribution is -2.23. The van der Waals surface area contributed by atoms with Crippen molar-refractivity contribution in [1.29, 1.82) is 0 Å². The van der Waals surface area contributed by atoms with Crippen molar-refractivity contribution in [3.63, 3.8) is 0 Å². The molecular weight excluding hydrogens is 272 g/mol. The van der Waals surface area contributed by atoms with Crippen LogP contribution in [0, 0.1) is 5.82 Å². The van der Waals surface area contributed by atoms with Gasteiger partial charge in [0.2, 0.25) is 0 Å². The number of rotatable bonds is 1. The van der Waals surface area contributed by atoms with Crippen LogP contribution in [0.3, 0.4) is 0 Å². The summed E-state index contributed by atoms with van der Waals surface area (Å²) in [6, 6.07) is 2.70. The molecule has 1 aromatic carbocycles. The molecule has 14 heavy (non-hydrogen) atoms. The maximum Gasteiger partial charge on any atom is 0.257 e. The summed E-state index contributed by atoms with van der Waals surface area (Å²) < 4.78 is 13.9. The highest BCUT2D eigenvalue weighted by atomic mass is 79.9. The number of nitrogens with zero attached hydrogens (tertiary/aromatic N) is 1. The predicted molar refractivity (Wildman–Crippen MR) is 57.1 cm³/mol. The fourth-order valence-corrected chi connectivity index (χ4v) is 1.82. The summed E-state index contributed by atoms with van der Waals surface area (Å²) in [6.07, 6.45) is 0. The summed E-state index contributed by atoms with van der Waals surface area (Å²) >= 11 is 8.84. The van der Waals surface area contributed by atoms with Gasteiger partial charge in [0.1, 0.15) is 5.82 Å². The predicted octanol–water partition coefficient (Wildman–Crippen LogP) is 2.94. The second-order valence-corrected chi connectivity index (χ2v) is 4.27. The van der Waals surface area contributed by atoms with E-state index in [1.807, 2.05) is 0 Å². The van der Waals surface area contributed by atoms with Crippen molar-refractivity contribution in [2.45, 2.75) is 0 Å². The van der Waals surface area contributed by atoms with Crippen molar-refractivity contribution in [1.82, 2.24) is 4.90 Å². The molecule has 0 bridgehead atoms. The molecule has 1 rings (SSSR count). The van der Waals surface area contributed by atoms with Crippen molar-refractivity contribution in [2.24, 2.45) is 0 Å². The van der Waals surface area contributed by atoms with Crippen molar-refractivity contribution in [2.75, 3.05) is 14.1 Å². The van der Waals surface area contributed by atoms with Crippen LogP contribution in [0.4, 0.5) is 4.39 Å². The van der Waals surface area contributed by atoms with Crippen molar-refractivity contribution >= 4 is 33.4 Å². The van der Waals surface area contributed by atoms with Crippen LogP contribution in [0.15, 0.2) is 16.6 Å². The Bertz CT molecular complexity index is 358. The number of hydrogen-bond donors (Lipinski definition) is 0. The van der Waals surface area contributed by atoms with Gasteiger partial charge >= 0.3 is 0 Å². The molecule has 0 unspecified atom stereocenters. The molecule has 0 radical (unpaired) electrons. The van der Waals surface area contributed by atoms with E-state index >= 15 is 0 Å². The zero-order valence-electron chi connectivity index (χ0n) is 7.64. The molecular formula is C9H8BrClFNO. The number of hydrogen-bond acceptors (Lipinski definition) is 1. The van der Waals surface area contributed by atoms with E-state index in [1.54, 1.807) is 14.1 Å². The minimum Gasteiger partial charge on any atom is -0.345 e. The van der Waals surface area contributed by atoms with E-state index in [4.69, 9.17) is 11.6 Å². The van der Waals surface area contributed by atoms with Gasteiger partial charge in [0.15, 0.2) is 0 Å². The summed E-state index contributed by atoms with van der Waals surface area (Å²) in [5.41, 5.74) is -0.0973. The quantitative estimate of drug-likeness (QED) is 0.774. The van der Waals surface area contributed by atoms with Crippen molar-refractivity contribution in [3.8, 4) is 0 Å². The standard InChI is InChI=1S/C9H8BrClFNO/c1-13(2)9(14)8-6(11)3-5(10)4-7(8)12/h3-4H,1-2H3. The molecule has 0 fully saturated rings. The summed E-state index contributed by atoms with van der Waals surface area (Å²) in [6.45, 7) is 0. The topological polar surface area (TPSA) is 20.3 Å². The Morgan fingerprint density at radius 2 is 2.07 bits per heavy atom. The van der Waals surface area contributed by atoms with Gasteiger partial charge in [-0.2, -0.15) is 0 Å². The molecule has 0 heterocycles. The fourth-order valence-electron chi connectivity index (χ4n) is 0.970. The number of carbonyl (C=O) groups excluding carboxylic acids is 1. The Labute approximate surface area is 94.8 Å². The van der Waals surface area contributed by atoms with Crippen LogP contribution in [0.1, 0.15) is 10.4 Å². The van der Waals surface area contributed by atoms with Crippen LogP contribution >= 0.6 is 27.5 Å². The zero-order valence-corrected chi connectivity index (χ0v) is 9.99. The molecule has 2 nitrogen and oxygen atoms in total. The van der Waals surface area contributed by atoms with E-state index in [9.17, 15) is 9.18 Å². The largest absolute Gasteiger partial charge is 0.345 e. The third-order valence-corrected chi connectivity index (χ3v) is 2.38. The lowest BCUT2D eigenvalue weighted by Gasteiger charge is -2.12.